The summed E-state index contributed by atoms with van der Waals surface area (Å²) in [6, 6.07) is 5.42. The molecular weight excluding hydrogens is 372 g/mol. The van der Waals surface area contributed by atoms with Crippen molar-refractivity contribution in [1.29, 1.82) is 0 Å². The van der Waals surface area contributed by atoms with Gasteiger partial charge < -0.3 is 24.5 Å². The first kappa shape index (κ1) is 18.5. The van der Waals surface area contributed by atoms with Crippen molar-refractivity contribution in [2.45, 2.75) is 43.7 Å². The highest BCUT2D eigenvalue weighted by Gasteiger charge is 2.66. The Morgan fingerprint density at radius 1 is 1.38 bits per heavy atom. The first-order valence-corrected chi connectivity index (χ1v) is 10.2. The number of hydrogen-bond acceptors (Lipinski definition) is 5. The van der Waals surface area contributed by atoms with Crippen LogP contribution in [0.25, 0.3) is 10.9 Å². The van der Waals surface area contributed by atoms with Gasteiger partial charge in [-0.3, -0.25) is 9.59 Å². The molecule has 1 aromatic heterocycles. The Balaban J connectivity index is 1.81. The molecule has 5 atom stereocenters. The number of aromatic nitrogens is 1. The smallest absolute Gasteiger partial charge is 0.319 e. The average molecular weight is 398 g/mol. The van der Waals surface area contributed by atoms with Crippen LogP contribution in [0, 0.1) is 11.8 Å². The zero-order valence-electron chi connectivity index (χ0n) is 16.9. The summed E-state index contributed by atoms with van der Waals surface area (Å²) in [6.07, 6.45) is 1.05. The quantitative estimate of drug-likeness (QED) is 0.769. The Morgan fingerprint density at radius 2 is 2.17 bits per heavy atom. The van der Waals surface area contributed by atoms with Gasteiger partial charge >= 0.3 is 5.97 Å². The molecule has 154 valence electrons. The summed E-state index contributed by atoms with van der Waals surface area (Å²) in [6.45, 7) is 2.28. The maximum atomic E-state index is 13.4. The number of methoxy groups -OCH3 is 2. The van der Waals surface area contributed by atoms with Crippen molar-refractivity contribution < 1.29 is 24.2 Å². The van der Waals surface area contributed by atoms with Crippen LogP contribution in [0.15, 0.2) is 18.2 Å². The molecule has 4 bridgehead atoms. The van der Waals surface area contributed by atoms with Gasteiger partial charge in [0.25, 0.3) is 0 Å². The van der Waals surface area contributed by atoms with E-state index in [4.69, 9.17) is 9.47 Å². The number of hydrogen-bond donors (Lipinski definition) is 2. The molecule has 0 unspecified atom stereocenters. The Kier molecular flexibility index (Phi) is 3.97. The van der Waals surface area contributed by atoms with Crippen LogP contribution in [0.2, 0.25) is 0 Å². The third-order valence-electron chi connectivity index (χ3n) is 7.34. The number of carbonyl (C=O) groups is 2. The van der Waals surface area contributed by atoms with Crippen LogP contribution in [0.4, 0.5) is 0 Å². The van der Waals surface area contributed by atoms with Gasteiger partial charge in [-0.15, -0.1) is 0 Å². The van der Waals surface area contributed by atoms with E-state index in [1.54, 1.807) is 14.0 Å². The van der Waals surface area contributed by atoms with E-state index in [1.807, 2.05) is 23.1 Å². The van der Waals surface area contributed by atoms with E-state index < -0.39 is 17.6 Å². The number of aliphatic hydroxyl groups excluding tert-OH is 1. The van der Waals surface area contributed by atoms with Crippen molar-refractivity contribution in [3.8, 4) is 5.75 Å². The summed E-state index contributed by atoms with van der Waals surface area (Å²) in [5.41, 5.74) is 1.82. The SMILES string of the molecule is COC(=O)[C@@]12C[C@H]3C[C@@H]([C@@H](C)O)[C@@H]1N(CCc1c2[nH]c2ccc(OC)cc12)C3=O. The normalized spacial score (nSPS) is 31.4. The number of aliphatic hydroxyl groups is 1. The number of fused-ring (bicyclic) bond motifs is 4. The summed E-state index contributed by atoms with van der Waals surface area (Å²) in [5, 5.41) is 11.5. The predicted molar refractivity (Wildman–Crippen MR) is 106 cm³/mol. The molecule has 7 heteroatoms. The maximum Gasteiger partial charge on any atom is 0.319 e. The van der Waals surface area contributed by atoms with E-state index in [0.717, 1.165) is 27.9 Å². The second-order valence-corrected chi connectivity index (χ2v) is 8.62. The van der Waals surface area contributed by atoms with Gasteiger partial charge in [-0.2, -0.15) is 0 Å². The second kappa shape index (κ2) is 6.23. The molecule has 1 aliphatic carbocycles. The number of amides is 1. The van der Waals surface area contributed by atoms with Gasteiger partial charge in [0.2, 0.25) is 5.91 Å². The van der Waals surface area contributed by atoms with E-state index in [2.05, 4.69) is 4.98 Å². The lowest BCUT2D eigenvalue weighted by Crippen LogP contribution is -2.70. The summed E-state index contributed by atoms with van der Waals surface area (Å²) in [4.78, 5) is 31.8. The molecule has 3 aliphatic heterocycles. The van der Waals surface area contributed by atoms with Crippen LogP contribution in [0.1, 0.15) is 31.0 Å². The first-order chi connectivity index (χ1) is 13.9. The summed E-state index contributed by atoms with van der Waals surface area (Å²) >= 11 is 0. The Morgan fingerprint density at radius 3 is 2.86 bits per heavy atom. The monoisotopic (exact) mass is 398 g/mol. The van der Waals surface area contributed by atoms with E-state index >= 15 is 0 Å². The molecule has 3 fully saturated rings. The molecule has 0 radical (unpaired) electrons. The van der Waals surface area contributed by atoms with Gasteiger partial charge in [0.1, 0.15) is 11.2 Å². The second-order valence-electron chi connectivity index (χ2n) is 8.62. The summed E-state index contributed by atoms with van der Waals surface area (Å²) < 4.78 is 10.7. The topological polar surface area (TPSA) is 91.9 Å². The van der Waals surface area contributed by atoms with Gasteiger partial charge in [0.05, 0.1) is 26.4 Å². The molecule has 1 amide bonds. The molecule has 7 nitrogen and oxygen atoms in total. The van der Waals surface area contributed by atoms with E-state index in [-0.39, 0.29) is 23.7 Å². The molecule has 2 N–H and O–H groups in total. The molecule has 4 aliphatic rings. The van der Waals surface area contributed by atoms with Crippen LogP contribution >= 0.6 is 0 Å². The lowest BCUT2D eigenvalue weighted by molar-refractivity contribution is -0.176. The van der Waals surface area contributed by atoms with Gasteiger partial charge in [0.15, 0.2) is 0 Å². The van der Waals surface area contributed by atoms with Crippen molar-refractivity contribution in [3.63, 3.8) is 0 Å². The number of nitrogens with zero attached hydrogens (tertiary/aromatic N) is 1. The van der Waals surface area contributed by atoms with Crippen molar-refractivity contribution in [3.05, 3.63) is 29.5 Å². The van der Waals surface area contributed by atoms with Crippen molar-refractivity contribution >= 4 is 22.8 Å². The minimum Gasteiger partial charge on any atom is -0.497 e. The van der Waals surface area contributed by atoms with Crippen molar-refractivity contribution in [2.24, 2.45) is 11.8 Å². The largest absolute Gasteiger partial charge is 0.497 e. The molecule has 1 saturated carbocycles. The molecule has 29 heavy (non-hydrogen) atoms. The third-order valence-corrected chi connectivity index (χ3v) is 7.34. The fraction of sp³-hybridized carbons (Fsp3) is 0.545. The number of ether oxygens (including phenoxy) is 2. The van der Waals surface area contributed by atoms with Gasteiger partial charge in [-0.05, 0) is 49.9 Å². The lowest BCUT2D eigenvalue weighted by atomic mass is 9.55. The Hall–Kier alpha value is -2.54. The summed E-state index contributed by atoms with van der Waals surface area (Å²) in [5.74, 6) is 0.0527. The molecule has 2 saturated heterocycles. The standard InChI is InChI=1S/C22H26N2O5/c1-11(25)15-8-12-10-22(21(27)29-3)18-14(6-7-24(19(15)22)20(12)26)16-9-13(28-2)4-5-17(16)23-18/h4-5,9,11-12,15,19,23,25H,6-8,10H2,1-3H3/t11-,12-,15+,19+,22-/m1/s1. The van der Waals surface area contributed by atoms with Gasteiger partial charge in [-0.1, -0.05) is 0 Å². The zero-order valence-corrected chi connectivity index (χ0v) is 16.9. The molecular formula is C22H26N2O5. The first-order valence-electron chi connectivity index (χ1n) is 10.2. The predicted octanol–water partition coefficient (Wildman–Crippen LogP) is 1.76. The van der Waals surface area contributed by atoms with Crippen molar-refractivity contribution in [1.82, 2.24) is 9.88 Å². The zero-order chi connectivity index (χ0) is 20.5. The number of aromatic amines is 1. The van der Waals surface area contributed by atoms with Crippen LogP contribution < -0.4 is 4.74 Å². The van der Waals surface area contributed by atoms with Gasteiger partial charge in [0, 0.05) is 35.0 Å². The average Bonchev–Trinajstić information content (AvgIpc) is 3.04. The number of H-pyrrole nitrogens is 1. The molecule has 2 aromatic rings. The minimum absolute atomic E-state index is 0.0958. The fourth-order valence-corrected chi connectivity index (χ4v) is 6.15. The summed E-state index contributed by atoms with van der Waals surface area (Å²) in [7, 11) is 3.03. The molecule has 0 spiro atoms. The van der Waals surface area contributed by atoms with E-state index in [1.165, 1.54) is 7.11 Å². The number of piperidine rings is 2. The molecule has 4 heterocycles. The molecule has 1 aromatic carbocycles. The number of benzene rings is 1. The molecule has 6 rings (SSSR count). The highest BCUT2D eigenvalue weighted by molar-refractivity contribution is 5.95. The van der Waals surface area contributed by atoms with E-state index in [0.29, 0.717) is 25.8 Å². The number of carbonyl (C=O) groups excluding carboxylic acids is 2. The van der Waals surface area contributed by atoms with Gasteiger partial charge in [-0.25, -0.2) is 0 Å². The Labute approximate surface area is 169 Å². The number of nitrogens with one attached hydrogen (secondary N) is 1. The lowest BCUT2D eigenvalue weighted by Gasteiger charge is -2.57. The third kappa shape index (κ3) is 2.28. The Bertz CT molecular complexity index is 1010. The van der Waals surface area contributed by atoms with E-state index in [9.17, 15) is 14.7 Å². The fourth-order valence-electron chi connectivity index (χ4n) is 6.15. The highest BCUT2D eigenvalue weighted by atomic mass is 16.5. The number of rotatable bonds is 3. The minimum atomic E-state index is -0.995. The van der Waals surface area contributed by atoms with Crippen molar-refractivity contribution in [2.75, 3.05) is 20.8 Å². The van der Waals surface area contributed by atoms with Crippen LogP contribution in [0.5, 0.6) is 5.75 Å². The number of esters is 1. The van der Waals surface area contributed by atoms with Crippen LogP contribution in [0.3, 0.4) is 0 Å². The highest BCUT2D eigenvalue weighted by Crippen LogP contribution is 2.56. The maximum absolute atomic E-state index is 13.4. The van der Waals surface area contributed by atoms with Crippen LogP contribution in [-0.2, 0) is 26.2 Å². The van der Waals surface area contributed by atoms with Crippen LogP contribution in [-0.4, -0.2) is 59.8 Å².